The Morgan fingerprint density at radius 3 is 0.765 bits per heavy atom. The van der Waals surface area contributed by atoms with Crippen LogP contribution in [0.1, 0.15) is 0 Å². The minimum atomic E-state index is 0.773. The molecule has 51 heavy (non-hydrogen) atoms. The van der Waals surface area contributed by atoms with Crippen molar-refractivity contribution in [2.75, 3.05) is 9.80 Å². The van der Waals surface area contributed by atoms with Crippen molar-refractivity contribution in [1.82, 2.24) is 0 Å². The van der Waals surface area contributed by atoms with E-state index in [2.05, 4.69) is 180 Å². The second kappa shape index (κ2) is 14.7. The highest BCUT2D eigenvalue weighted by Gasteiger charge is 2.15. The number of ether oxygens (including phenoxy) is 1. The lowest BCUT2D eigenvalue weighted by atomic mass is 10.0. The van der Waals surface area contributed by atoms with Gasteiger partial charge in [-0.15, -0.1) is 0 Å². The monoisotopic (exact) mass is 656 g/mol. The molecule has 0 N–H and O–H groups in total. The first-order valence-electron chi connectivity index (χ1n) is 17.2. The van der Waals surface area contributed by atoms with Crippen LogP contribution in [0.4, 0.5) is 34.1 Å². The van der Waals surface area contributed by atoms with Crippen molar-refractivity contribution < 1.29 is 4.74 Å². The van der Waals surface area contributed by atoms with Gasteiger partial charge < -0.3 is 14.5 Å². The minimum absolute atomic E-state index is 0.773. The van der Waals surface area contributed by atoms with E-state index in [9.17, 15) is 0 Å². The van der Waals surface area contributed by atoms with Gasteiger partial charge in [-0.25, -0.2) is 0 Å². The van der Waals surface area contributed by atoms with Gasteiger partial charge in [-0.05, 0) is 119 Å². The van der Waals surface area contributed by atoms with E-state index < -0.39 is 0 Å². The average molecular weight is 657 g/mol. The smallest absolute Gasteiger partial charge is 0.127 e. The highest BCUT2D eigenvalue weighted by atomic mass is 16.5. The Kier molecular flexibility index (Phi) is 9.08. The molecule has 244 valence electrons. The summed E-state index contributed by atoms with van der Waals surface area (Å²) in [6.45, 7) is 0. The lowest BCUT2D eigenvalue weighted by molar-refractivity contribution is 0.483. The number of para-hydroxylation sites is 2. The van der Waals surface area contributed by atoms with Crippen LogP contribution in [0.25, 0.3) is 22.3 Å². The van der Waals surface area contributed by atoms with Crippen LogP contribution in [0.5, 0.6) is 11.5 Å². The van der Waals surface area contributed by atoms with Crippen molar-refractivity contribution >= 4 is 34.1 Å². The van der Waals surface area contributed by atoms with E-state index in [1.165, 1.54) is 22.3 Å². The number of rotatable bonds is 10. The maximum Gasteiger partial charge on any atom is 0.127 e. The van der Waals surface area contributed by atoms with E-state index >= 15 is 0 Å². The molecule has 3 nitrogen and oxygen atoms in total. The Labute approximate surface area is 299 Å². The Morgan fingerprint density at radius 1 is 0.216 bits per heavy atom. The van der Waals surface area contributed by atoms with E-state index in [0.717, 1.165) is 45.6 Å². The first kappa shape index (κ1) is 31.4. The molecule has 0 atom stereocenters. The van der Waals surface area contributed by atoms with Crippen molar-refractivity contribution in [2.45, 2.75) is 0 Å². The summed E-state index contributed by atoms with van der Waals surface area (Å²) in [5, 5.41) is 0. The number of hydrogen-bond donors (Lipinski definition) is 0. The fourth-order valence-electron chi connectivity index (χ4n) is 6.38. The highest BCUT2D eigenvalue weighted by Crippen LogP contribution is 2.39. The van der Waals surface area contributed by atoms with Gasteiger partial charge in [0.15, 0.2) is 0 Å². The molecule has 8 aromatic carbocycles. The fourth-order valence-corrected chi connectivity index (χ4v) is 6.38. The number of hydrogen-bond acceptors (Lipinski definition) is 3. The summed E-state index contributed by atoms with van der Waals surface area (Å²) in [6.07, 6.45) is 0. The van der Waals surface area contributed by atoms with Crippen molar-refractivity contribution in [2.24, 2.45) is 0 Å². The van der Waals surface area contributed by atoms with Crippen molar-refractivity contribution in [3.05, 3.63) is 218 Å². The van der Waals surface area contributed by atoms with E-state index in [0.29, 0.717) is 0 Å². The Balaban J connectivity index is 1.02. The lowest BCUT2D eigenvalue weighted by Gasteiger charge is -2.26. The third-order valence-corrected chi connectivity index (χ3v) is 8.92. The summed E-state index contributed by atoms with van der Waals surface area (Å²) < 4.78 is 6.36. The zero-order valence-corrected chi connectivity index (χ0v) is 28.1. The topological polar surface area (TPSA) is 15.7 Å². The molecule has 0 spiro atoms. The predicted octanol–water partition coefficient (Wildman–Crippen LogP) is 13.8. The Morgan fingerprint density at radius 2 is 0.451 bits per heavy atom. The summed E-state index contributed by atoms with van der Waals surface area (Å²) in [7, 11) is 0. The maximum atomic E-state index is 6.36. The molecule has 0 aliphatic carbocycles. The molecular formula is C48H36N2O. The van der Waals surface area contributed by atoms with Crippen molar-refractivity contribution in [1.29, 1.82) is 0 Å². The van der Waals surface area contributed by atoms with Crippen LogP contribution in [0.15, 0.2) is 218 Å². The molecule has 0 aromatic heterocycles. The summed E-state index contributed by atoms with van der Waals surface area (Å²) in [5.41, 5.74) is 11.2. The summed E-state index contributed by atoms with van der Waals surface area (Å²) >= 11 is 0. The molecule has 0 radical (unpaired) electrons. The van der Waals surface area contributed by atoms with Crippen molar-refractivity contribution in [3.8, 4) is 33.8 Å². The average Bonchev–Trinajstić information content (AvgIpc) is 3.21. The zero-order valence-electron chi connectivity index (χ0n) is 28.1. The molecule has 0 aliphatic rings. The van der Waals surface area contributed by atoms with Crippen LogP contribution in [0, 0.1) is 0 Å². The molecule has 3 heteroatoms. The molecule has 0 amide bonds. The van der Waals surface area contributed by atoms with Gasteiger partial charge in [-0.2, -0.15) is 0 Å². The van der Waals surface area contributed by atoms with Gasteiger partial charge in [0.25, 0.3) is 0 Å². The maximum absolute atomic E-state index is 6.36. The second-order valence-electron chi connectivity index (χ2n) is 12.3. The van der Waals surface area contributed by atoms with Gasteiger partial charge in [0.05, 0.1) is 0 Å². The molecular weight excluding hydrogens is 621 g/mol. The van der Waals surface area contributed by atoms with E-state index in [-0.39, 0.29) is 0 Å². The van der Waals surface area contributed by atoms with Crippen LogP contribution >= 0.6 is 0 Å². The van der Waals surface area contributed by atoms with Gasteiger partial charge in [0.2, 0.25) is 0 Å². The third kappa shape index (κ3) is 7.15. The Hall–Kier alpha value is -6.84. The molecule has 0 fully saturated rings. The zero-order chi connectivity index (χ0) is 34.2. The van der Waals surface area contributed by atoms with Crippen LogP contribution in [-0.4, -0.2) is 0 Å². The molecule has 0 aliphatic heterocycles. The van der Waals surface area contributed by atoms with Crippen LogP contribution in [0.2, 0.25) is 0 Å². The van der Waals surface area contributed by atoms with Gasteiger partial charge in [0, 0.05) is 34.1 Å². The number of benzene rings is 8. The molecule has 0 heterocycles. The standard InChI is InChI=1S/C48H36N2O/c1-5-13-37(14-6-1)39-21-25-43(26-22-39)49(41-17-9-3-10-18-41)45-29-33-47(34-30-45)51-48-35-31-46(32-36-48)50(42-19-11-4-12-20-42)44-27-23-40(24-28-44)38-15-7-2-8-16-38/h1-36H. The molecule has 8 aromatic rings. The summed E-state index contributed by atoms with van der Waals surface area (Å²) in [6, 6.07) is 75.8. The first-order valence-corrected chi connectivity index (χ1v) is 17.2. The number of anilines is 6. The Bertz CT molecular complexity index is 2100. The van der Waals surface area contributed by atoms with Crippen LogP contribution in [-0.2, 0) is 0 Å². The predicted molar refractivity (Wildman–Crippen MR) is 213 cm³/mol. The van der Waals surface area contributed by atoms with E-state index in [1.54, 1.807) is 0 Å². The second-order valence-corrected chi connectivity index (χ2v) is 12.3. The molecule has 0 saturated heterocycles. The normalized spacial score (nSPS) is 10.7. The van der Waals surface area contributed by atoms with E-state index in [1.807, 2.05) is 48.5 Å². The third-order valence-electron chi connectivity index (χ3n) is 8.92. The van der Waals surface area contributed by atoms with Gasteiger partial charge in [0.1, 0.15) is 11.5 Å². The summed E-state index contributed by atoms with van der Waals surface area (Å²) in [5.74, 6) is 1.55. The largest absolute Gasteiger partial charge is 0.457 e. The highest BCUT2D eigenvalue weighted by molar-refractivity contribution is 5.80. The van der Waals surface area contributed by atoms with Crippen molar-refractivity contribution in [3.63, 3.8) is 0 Å². The van der Waals surface area contributed by atoms with Crippen LogP contribution in [0.3, 0.4) is 0 Å². The first-order chi connectivity index (χ1) is 25.3. The molecule has 0 saturated carbocycles. The molecule has 0 bridgehead atoms. The van der Waals surface area contributed by atoms with Gasteiger partial charge in [-0.1, -0.05) is 121 Å². The van der Waals surface area contributed by atoms with E-state index in [4.69, 9.17) is 4.74 Å². The molecule has 0 unspecified atom stereocenters. The van der Waals surface area contributed by atoms with Crippen LogP contribution < -0.4 is 14.5 Å². The quantitative estimate of drug-likeness (QED) is 0.146. The van der Waals surface area contributed by atoms with Gasteiger partial charge in [-0.3, -0.25) is 0 Å². The summed E-state index contributed by atoms with van der Waals surface area (Å²) in [4.78, 5) is 4.52. The fraction of sp³-hybridized carbons (Fsp3) is 0. The molecule has 8 rings (SSSR count). The minimum Gasteiger partial charge on any atom is -0.457 e. The SMILES string of the molecule is c1ccc(-c2ccc(N(c3ccccc3)c3ccc(Oc4ccc(N(c5ccccc5)c5ccc(-c6ccccc6)cc5)cc4)cc3)cc2)cc1. The number of nitrogens with zero attached hydrogens (tertiary/aromatic N) is 2. The lowest BCUT2D eigenvalue weighted by Crippen LogP contribution is -2.09. The van der Waals surface area contributed by atoms with Gasteiger partial charge >= 0.3 is 0 Å².